The third-order valence-electron chi connectivity index (χ3n) is 2.29. The van der Waals surface area contributed by atoms with Crippen LogP contribution in [0.15, 0.2) is 18.2 Å². The Morgan fingerprint density at radius 1 is 1.57 bits per heavy atom. The third kappa shape index (κ3) is 1.17. The maximum absolute atomic E-state index is 12.8. The average molecular weight is 196 g/mol. The second-order valence-electron chi connectivity index (χ2n) is 3.14. The van der Waals surface area contributed by atoms with Crippen molar-refractivity contribution in [2.24, 2.45) is 0 Å². The number of hydrogen-bond acceptors (Lipinski definition) is 2. The van der Waals surface area contributed by atoms with Gasteiger partial charge in [-0.15, -0.1) is 0 Å². The van der Waals surface area contributed by atoms with Crippen LogP contribution in [0.3, 0.4) is 0 Å². The molecule has 14 heavy (non-hydrogen) atoms. The van der Waals surface area contributed by atoms with Crippen molar-refractivity contribution in [3.8, 4) is 0 Å². The van der Waals surface area contributed by atoms with Gasteiger partial charge in [0.15, 0.2) is 0 Å². The van der Waals surface area contributed by atoms with E-state index in [9.17, 15) is 9.18 Å². The van der Waals surface area contributed by atoms with Gasteiger partial charge in [-0.3, -0.25) is 5.01 Å². The van der Waals surface area contributed by atoms with Crippen molar-refractivity contribution < 1.29 is 14.3 Å². The molecular formula is C9H9FN2O2. The van der Waals surface area contributed by atoms with Crippen LogP contribution in [0.25, 0.3) is 0 Å². The summed E-state index contributed by atoms with van der Waals surface area (Å²) in [4.78, 5) is 10.8. The number of carboxylic acid groups (broad SMARTS) is 1. The minimum absolute atomic E-state index is 0.207. The summed E-state index contributed by atoms with van der Waals surface area (Å²) in [5, 5.41) is 11.4. The van der Waals surface area contributed by atoms with E-state index in [-0.39, 0.29) is 12.4 Å². The summed E-state index contributed by atoms with van der Waals surface area (Å²) in [7, 11) is 1.64. The smallest absolute Gasteiger partial charge is 0.426 e. The van der Waals surface area contributed by atoms with Crippen LogP contribution in [0.2, 0.25) is 0 Å². The van der Waals surface area contributed by atoms with Gasteiger partial charge < -0.3 is 5.11 Å². The molecule has 1 heterocycles. The number of nitrogens with zero attached hydrogens (tertiary/aromatic N) is 2. The van der Waals surface area contributed by atoms with Crippen LogP contribution < -0.4 is 5.01 Å². The number of carbonyl (C=O) groups is 1. The van der Waals surface area contributed by atoms with Gasteiger partial charge in [0, 0.05) is 12.6 Å². The largest absolute Gasteiger partial charge is 0.464 e. The predicted molar refractivity (Wildman–Crippen MR) is 48.4 cm³/mol. The number of halogens is 1. The SMILES string of the molecule is CN1c2ccc(F)cc2CN1C(=O)O. The summed E-state index contributed by atoms with van der Waals surface area (Å²) in [6.45, 7) is 0.207. The fourth-order valence-corrected chi connectivity index (χ4v) is 1.59. The number of benzene rings is 1. The molecule has 1 amide bonds. The second-order valence-corrected chi connectivity index (χ2v) is 3.14. The Bertz CT molecular complexity index is 394. The molecule has 1 N–H and O–H groups in total. The molecule has 1 aliphatic rings. The van der Waals surface area contributed by atoms with Gasteiger partial charge in [-0.05, 0) is 18.2 Å². The number of fused-ring (bicyclic) bond motifs is 1. The third-order valence-corrected chi connectivity index (χ3v) is 2.29. The fourth-order valence-electron chi connectivity index (χ4n) is 1.59. The molecule has 0 aromatic heterocycles. The maximum atomic E-state index is 12.8. The molecule has 0 atom stereocenters. The maximum Gasteiger partial charge on any atom is 0.426 e. The Hall–Kier alpha value is -1.78. The highest BCUT2D eigenvalue weighted by Crippen LogP contribution is 2.30. The summed E-state index contributed by atoms with van der Waals surface area (Å²) in [5.41, 5.74) is 1.42. The standard InChI is InChI=1S/C9H9FN2O2/c1-11-8-3-2-7(10)4-6(8)5-12(11)9(13)14/h2-4H,5H2,1H3,(H,13,14). The lowest BCUT2D eigenvalue weighted by Crippen LogP contribution is -2.38. The highest BCUT2D eigenvalue weighted by molar-refractivity contribution is 5.72. The van der Waals surface area contributed by atoms with Crippen molar-refractivity contribution in [2.75, 3.05) is 12.1 Å². The van der Waals surface area contributed by atoms with E-state index in [0.29, 0.717) is 5.56 Å². The van der Waals surface area contributed by atoms with Crippen LogP contribution in [-0.2, 0) is 6.54 Å². The molecule has 1 aromatic rings. The van der Waals surface area contributed by atoms with Crippen molar-refractivity contribution in [1.82, 2.24) is 5.01 Å². The Morgan fingerprint density at radius 2 is 2.29 bits per heavy atom. The van der Waals surface area contributed by atoms with Crippen LogP contribution >= 0.6 is 0 Å². The zero-order chi connectivity index (χ0) is 10.3. The molecule has 1 aromatic carbocycles. The van der Waals surface area contributed by atoms with E-state index in [1.165, 1.54) is 17.1 Å². The van der Waals surface area contributed by atoms with Crippen molar-refractivity contribution in [3.05, 3.63) is 29.6 Å². The first-order valence-electron chi connectivity index (χ1n) is 4.12. The molecular weight excluding hydrogens is 187 g/mol. The minimum atomic E-state index is -1.04. The van der Waals surface area contributed by atoms with Gasteiger partial charge in [-0.2, -0.15) is 0 Å². The zero-order valence-corrected chi connectivity index (χ0v) is 7.57. The van der Waals surface area contributed by atoms with Crippen molar-refractivity contribution in [2.45, 2.75) is 6.54 Å². The molecule has 5 heteroatoms. The van der Waals surface area contributed by atoms with Gasteiger partial charge >= 0.3 is 6.09 Å². The molecule has 74 valence electrons. The van der Waals surface area contributed by atoms with Crippen LogP contribution in [0.1, 0.15) is 5.56 Å². The molecule has 0 saturated carbocycles. The van der Waals surface area contributed by atoms with Crippen LogP contribution in [-0.4, -0.2) is 23.3 Å². The Morgan fingerprint density at radius 3 is 2.93 bits per heavy atom. The lowest BCUT2D eigenvalue weighted by molar-refractivity contribution is 0.144. The van der Waals surface area contributed by atoms with Gasteiger partial charge in [0.1, 0.15) is 5.82 Å². The van der Waals surface area contributed by atoms with Crippen molar-refractivity contribution in [1.29, 1.82) is 0 Å². The number of amides is 1. The van der Waals surface area contributed by atoms with Crippen LogP contribution in [0.5, 0.6) is 0 Å². The van der Waals surface area contributed by atoms with Gasteiger partial charge in [-0.25, -0.2) is 14.2 Å². The number of hydrogen-bond donors (Lipinski definition) is 1. The molecule has 0 saturated heterocycles. The first-order valence-corrected chi connectivity index (χ1v) is 4.12. The van der Waals surface area contributed by atoms with E-state index in [4.69, 9.17) is 5.11 Å². The van der Waals surface area contributed by atoms with E-state index in [0.717, 1.165) is 10.7 Å². The van der Waals surface area contributed by atoms with Crippen molar-refractivity contribution in [3.63, 3.8) is 0 Å². The van der Waals surface area contributed by atoms with Crippen LogP contribution in [0.4, 0.5) is 14.9 Å². The van der Waals surface area contributed by atoms with E-state index < -0.39 is 6.09 Å². The first kappa shape index (κ1) is 8.80. The normalized spacial score (nSPS) is 14.4. The van der Waals surface area contributed by atoms with Gasteiger partial charge in [0.2, 0.25) is 0 Å². The zero-order valence-electron chi connectivity index (χ0n) is 7.57. The average Bonchev–Trinajstić information content (AvgIpc) is 2.43. The lowest BCUT2D eigenvalue weighted by atomic mass is 10.2. The van der Waals surface area contributed by atoms with Crippen molar-refractivity contribution >= 4 is 11.8 Å². The highest BCUT2D eigenvalue weighted by atomic mass is 19.1. The van der Waals surface area contributed by atoms with Gasteiger partial charge in [0.05, 0.1) is 12.2 Å². The number of hydrazine groups is 1. The van der Waals surface area contributed by atoms with E-state index in [1.54, 1.807) is 13.1 Å². The quantitative estimate of drug-likeness (QED) is 0.686. The van der Waals surface area contributed by atoms with E-state index >= 15 is 0 Å². The first-order chi connectivity index (χ1) is 6.59. The highest BCUT2D eigenvalue weighted by Gasteiger charge is 2.27. The summed E-state index contributed by atoms with van der Waals surface area (Å²) in [5.74, 6) is -0.343. The molecule has 2 rings (SSSR count). The molecule has 0 unspecified atom stereocenters. The summed E-state index contributed by atoms with van der Waals surface area (Å²) >= 11 is 0. The van der Waals surface area contributed by atoms with Crippen LogP contribution in [0, 0.1) is 5.82 Å². The minimum Gasteiger partial charge on any atom is -0.464 e. The number of anilines is 1. The summed E-state index contributed by atoms with van der Waals surface area (Å²) in [6.07, 6.45) is -1.04. The predicted octanol–water partition coefficient (Wildman–Crippen LogP) is 1.67. The molecule has 0 fully saturated rings. The summed E-state index contributed by atoms with van der Waals surface area (Å²) in [6, 6.07) is 4.25. The molecule has 0 spiro atoms. The Balaban J connectivity index is 2.40. The molecule has 0 aliphatic carbocycles. The second kappa shape index (κ2) is 2.87. The Kier molecular flexibility index (Phi) is 1.80. The van der Waals surface area contributed by atoms with Gasteiger partial charge in [0.25, 0.3) is 0 Å². The monoisotopic (exact) mass is 196 g/mol. The topological polar surface area (TPSA) is 43.8 Å². The Labute approximate surface area is 80.1 Å². The number of rotatable bonds is 0. The van der Waals surface area contributed by atoms with E-state index in [2.05, 4.69) is 0 Å². The molecule has 0 radical (unpaired) electrons. The lowest BCUT2D eigenvalue weighted by Gasteiger charge is -2.22. The molecule has 4 nitrogen and oxygen atoms in total. The molecule has 0 bridgehead atoms. The van der Waals surface area contributed by atoms with Gasteiger partial charge in [-0.1, -0.05) is 0 Å². The summed E-state index contributed by atoms with van der Waals surface area (Å²) < 4.78 is 12.8. The molecule has 1 aliphatic heterocycles. The fraction of sp³-hybridized carbons (Fsp3) is 0.222. The van der Waals surface area contributed by atoms with E-state index in [1.807, 2.05) is 0 Å².